The van der Waals surface area contributed by atoms with Crippen molar-refractivity contribution >= 4 is 38.6 Å². The fourth-order valence-corrected chi connectivity index (χ4v) is 4.02. The van der Waals surface area contributed by atoms with Gasteiger partial charge in [0.2, 0.25) is 10.0 Å². The van der Waals surface area contributed by atoms with Crippen molar-refractivity contribution in [3.8, 4) is 0 Å². The van der Waals surface area contributed by atoms with Gasteiger partial charge in [0.1, 0.15) is 0 Å². The van der Waals surface area contributed by atoms with Crippen LogP contribution >= 0.6 is 0 Å². The molecule has 1 aliphatic rings. The third-order valence-corrected chi connectivity index (χ3v) is 6.37. The van der Waals surface area contributed by atoms with Gasteiger partial charge in [-0.2, -0.15) is 4.31 Å². The number of amides is 1. The summed E-state index contributed by atoms with van der Waals surface area (Å²) < 4.78 is 25.3. The standard InChI is InChI=1S/C17H20N2O3S.C2H2O4/c1-2-23(21,22)19-12-10-18(11-13-19)17(20)16-9-5-7-14-6-3-4-8-15(14)16;3-1(4)2(5)6/h3-9H,2,10-13H2,1H3;(H,3,4)(H,5,6). The van der Waals surface area contributed by atoms with Gasteiger partial charge in [-0.15, -0.1) is 0 Å². The molecule has 1 aliphatic heterocycles. The van der Waals surface area contributed by atoms with E-state index in [9.17, 15) is 13.2 Å². The van der Waals surface area contributed by atoms with Crippen LogP contribution in [0, 0.1) is 0 Å². The number of hydrogen-bond donors (Lipinski definition) is 2. The molecule has 0 unspecified atom stereocenters. The third kappa shape index (κ3) is 5.52. The molecule has 0 atom stereocenters. The van der Waals surface area contributed by atoms with E-state index in [1.807, 2.05) is 42.5 Å². The molecular weight excluding hydrogens is 400 g/mol. The topological polar surface area (TPSA) is 132 Å². The first-order valence-electron chi connectivity index (χ1n) is 8.88. The number of rotatable bonds is 3. The van der Waals surface area contributed by atoms with Crippen molar-refractivity contribution in [1.82, 2.24) is 9.21 Å². The van der Waals surface area contributed by atoms with Crippen molar-refractivity contribution in [2.24, 2.45) is 0 Å². The van der Waals surface area contributed by atoms with Gasteiger partial charge in [-0.1, -0.05) is 36.4 Å². The summed E-state index contributed by atoms with van der Waals surface area (Å²) in [6, 6.07) is 13.5. The molecule has 156 valence electrons. The number of carboxylic acids is 2. The van der Waals surface area contributed by atoms with Crippen LogP contribution in [0.2, 0.25) is 0 Å². The average Bonchev–Trinajstić information content (AvgIpc) is 2.73. The molecule has 1 fully saturated rings. The molecule has 0 aliphatic carbocycles. The first-order valence-corrected chi connectivity index (χ1v) is 10.5. The summed E-state index contributed by atoms with van der Waals surface area (Å²) in [5.74, 6) is -3.58. The van der Waals surface area contributed by atoms with Gasteiger partial charge < -0.3 is 15.1 Å². The summed E-state index contributed by atoms with van der Waals surface area (Å²) in [7, 11) is -3.17. The molecule has 2 aromatic carbocycles. The van der Waals surface area contributed by atoms with Crippen LogP contribution in [-0.4, -0.2) is 77.6 Å². The Balaban J connectivity index is 0.000000438. The largest absolute Gasteiger partial charge is 0.473 e. The molecule has 0 saturated carbocycles. The Bertz CT molecular complexity index is 995. The fourth-order valence-electron chi connectivity index (χ4n) is 2.93. The lowest BCUT2D eigenvalue weighted by molar-refractivity contribution is -0.159. The molecule has 10 heteroatoms. The maximum Gasteiger partial charge on any atom is 0.414 e. The summed E-state index contributed by atoms with van der Waals surface area (Å²) in [5, 5.41) is 16.7. The van der Waals surface area contributed by atoms with Crippen molar-refractivity contribution in [2.75, 3.05) is 31.9 Å². The van der Waals surface area contributed by atoms with E-state index < -0.39 is 22.0 Å². The van der Waals surface area contributed by atoms with E-state index in [2.05, 4.69) is 0 Å². The molecule has 2 aromatic rings. The Morgan fingerprint density at radius 1 is 0.897 bits per heavy atom. The Hall–Kier alpha value is -2.98. The number of sulfonamides is 1. The normalized spacial score (nSPS) is 14.7. The number of carbonyl (C=O) groups is 3. The lowest BCUT2D eigenvalue weighted by atomic mass is 10.0. The number of carbonyl (C=O) groups excluding carboxylic acids is 1. The van der Waals surface area contributed by atoms with E-state index in [-0.39, 0.29) is 11.7 Å². The van der Waals surface area contributed by atoms with Gasteiger partial charge in [-0.3, -0.25) is 4.79 Å². The molecule has 9 nitrogen and oxygen atoms in total. The van der Waals surface area contributed by atoms with Crippen LogP contribution in [0.15, 0.2) is 42.5 Å². The lowest BCUT2D eigenvalue weighted by Gasteiger charge is -2.34. The Morgan fingerprint density at radius 2 is 1.45 bits per heavy atom. The number of benzene rings is 2. The molecule has 0 bridgehead atoms. The van der Waals surface area contributed by atoms with Gasteiger partial charge in [0, 0.05) is 31.7 Å². The second-order valence-corrected chi connectivity index (χ2v) is 8.49. The maximum absolute atomic E-state index is 12.8. The number of carboxylic acid groups (broad SMARTS) is 2. The Kier molecular flexibility index (Phi) is 7.29. The molecule has 2 N–H and O–H groups in total. The zero-order valence-electron chi connectivity index (χ0n) is 15.8. The predicted octanol–water partition coefficient (Wildman–Crippen LogP) is 1.10. The average molecular weight is 422 g/mol. The van der Waals surface area contributed by atoms with Gasteiger partial charge in [0.25, 0.3) is 5.91 Å². The molecule has 29 heavy (non-hydrogen) atoms. The highest BCUT2D eigenvalue weighted by Gasteiger charge is 2.28. The summed E-state index contributed by atoms with van der Waals surface area (Å²) in [4.78, 5) is 32.7. The monoisotopic (exact) mass is 422 g/mol. The zero-order valence-corrected chi connectivity index (χ0v) is 16.6. The highest BCUT2D eigenvalue weighted by atomic mass is 32.2. The van der Waals surface area contributed by atoms with E-state index in [0.29, 0.717) is 31.7 Å². The van der Waals surface area contributed by atoms with E-state index in [1.54, 1.807) is 11.8 Å². The van der Waals surface area contributed by atoms with Crippen molar-refractivity contribution < 1.29 is 33.0 Å². The van der Waals surface area contributed by atoms with Gasteiger partial charge >= 0.3 is 11.9 Å². The van der Waals surface area contributed by atoms with Crippen LogP contribution < -0.4 is 0 Å². The van der Waals surface area contributed by atoms with Crippen molar-refractivity contribution in [2.45, 2.75) is 6.92 Å². The number of nitrogens with zero attached hydrogens (tertiary/aromatic N) is 2. The van der Waals surface area contributed by atoms with Crippen molar-refractivity contribution in [1.29, 1.82) is 0 Å². The minimum atomic E-state index is -3.17. The Labute approximate surface area is 168 Å². The van der Waals surface area contributed by atoms with Gasteiger partial charge in [-0.05, 0) is 23.8 Å². The fraction of sp³-hybridized carbons (Fsp3) is 0.316. The number of hydrogen-bond acceptors (Lipinski definition) is 5. The highest BCUT2D eigenvalue weighted by Crippen LogP contribution is 2.21. The van der Waals surface area contributed by atoms with Crippen LogP contribution in [0.4, 0.5) is 0 Å². The van der Waals surface area contributed by atoms with Crippen LogP contribution in [0.3, 0.4) is 0 Å². The molecule has 0 radical (unpaired) electrons. The smallest absolute Gasteiger partial charge is 0.414 e. The maximum atomic E-state index is 12.8. The first-order chi connectivity index (χ1) is 13.7. The van der Waals surface area contributed by atoms with Crippen molar-refractivity contribution in [3.05, 3.63) is 48.0 Å². The first kappa shape index (κ1) is 22.3. The van der Waals surface area contributed by atoms with E-state index >= 15 is 0 Å². The molecule has 1 saturated heterocycles. The van der Waals surface area contributed by atoms with Gasteiger partial charge in [0.05, 0.1) is 5.75 Å². The minimum absolute atomic E-state index is 0.0321. The number of piperazine rings is 1. The summed E-state index contributed by atoms with van der Waals surface area (Å²) in [6.45, 7) is 3.24. The predicted molar refractivity (Wildman–Crippen MR) is 106 cm³/mol. The van der Waals surface area contributed by atoms with Crippen LogP contribution in [0.1, 0.15) is 17.3 Å². The van der Waals surface area contributed by atoms with E-state index in [4.69, 9.17) is 19.8 Å². The van der Waals surface area contributed by atoms with Gasteiger partial charge in [-0.25, -0.2) is 18.0 Å². The SMILES string of the molecule is CCS(=O)(=O)N1CCN(C(=O)c2cccc3ccccc23)CC1.O=C(O)C(=O)O. The summed E-state index contributed by atoms with van der Waals surface area (Å²) in [5.41, 5.74) is 0.676. The summed E-state index contributed by atoms with van der Waals surface area (Å²) in [6.07, 6.45) is 0. The molecular formula is C19H22N2O7S. The van der Waals surface area contributed by atoms with Crippen molar-refractivity contribution in [3.63, 3.8) is 0 Å². The van der Waals surface area contributed by atoms with Crippen LogP contribution in [0.25, 0.3) is 10.8 Å². The third-order valence-electron chi connectivity index (χ3n) is 4.49. The quantitative estimate of drug-likeness (QED) is 0.708. The Morgan fingerprint density at radius 3 is 2.00 bits per heavy atom. The molecule has 1 heterocycles. The number of fused-ring (bicyclic) bond motifs is 1. The summed E-state index contributed by atoms with van der Waals surface area (Å²) >= 11 is 0. The van der Waals surface area contributed by atoms with E-state index in [1.165, 1.54) is 4.31 Å². The van der Waals surface area contributed by atoms with Crippen LogP contribution in [0.5, 0.6) is 0 Å². The molecule has 0 spiro atoms. The minimum Gasteiger partial charge on any atom is -0.473 e. The number of aliphatic carboxylic acids is 2. The second kappa shape index (κ2) is 9.48. The second-order valence-electron chi connectivity index (χ2n) is 6.23. The molecule has 0 aromatic heterocycles. The zero-order chi connectivity index (χ0) is 21.6. The highest BCUT2D eigenvalue weighted by molar-refractivity contribution is 7.89. The lowest BCUT2D eigenvalue weighted by Crippen LogP contribution is -2.50. The molecule has 3 rings (SSSR count). The van der Waals surface area contributed by atoms with Gasteiger partial charge in [0.15, 0.2) is 0 Å². The van der Waals surface area contributed by atoms with E-state index in [0.717, 1.165) is 10.8 Å². The molecule has 1 amide bonds. The van der Waals surface area contributed by atoms with Crippen LogP contribution in [-0.2, 0) is 19.6 Å².